The van der Waals surface area contributed by atoms with Gasteiger partial charge in [0.2, 0.25) is 5.88 Å². The van der Waals surface area contributed by atoms with E-state index in [2.05, 4.69) is 30.4 Å². The summed E-state index contributed by atoms with van der Waals surface area (Å²) < 4.78 is 44.7. The van der Waals surface area contributed by atoms with Gasteiger partial charge in [0.1, 0.15) is 11.4 Å². The smallest absolute Gasteiger partial charge is 0.388 e. The number of fused-ring (bicyclic) bond motifs is 2. The molecule has 13 heteroatoms. The largest absolute Gasteiger partial charge is 0.417 e. The number of pyridine rings is 1. The Bertz CT molecular complexity index is 1660. The highest BCUT2D eigenvalue weighted by molar-refractivity contribution is 5.99. The number of halogens is 3. The van der Waals surface area contributed by atoms with E-state index in [1.807, 2.05) is 13.0 Å². The SMILES string of the molecule is CC(=O)c1ccc2c(c1C)CC[C@@H]2NC(=O)c1cc(C(=O)NCc2ccnc(OC(F)F)c2)nc2c(F)cnn12. The molecule has 0 aliphatic heterocycles. The molecule has 206 valence electrons. The zero-order chi connectivity index (χ0) is 28.6. The van der Waals surface area contributed by atoms with Gasteiger partial charge in [-0.15, -0.1) is 0 Å². The predicted octanol–water partition coefficient (Wildman–Crippen LogP) is 3.72. The molecule has 0 unspecified atom stereocenters. The minimum atomic E-state index is -3.05. The van der Waals surface area contributed by atoms with E-state index in [0.717, 1.165) is 27.4 Å². The number of nitrogens with one attached hydrogen (secondary N) is 2. The number of carbonyl (C=O) groups excluding carboxylic acids is 3. The zero-order valence-corrected chi connectivity index (χ0v) is 21.4. The third kappa shape index (κ3) is 5.22. The van der Waals surface area contributed by atoms with Crippen LogP contribution in [0.25, 0.3) is 5.65 Å². The lowest BCUT2D eigenvalue weighted by Gasteiger charge is -2.16. The molecule has 3 heterocycles. The number of ether oxygens (including phenoxy) is 1. The van der Waals surface area contributed by atoms with Gasteiger partial charge in [-0.25, -0.2) is 18.9 Å². The lowest BCUT2D eigenvalue weighted by molar-refractivity contribution is -0.0529. The molecular formula is C27H23F3N6O4. The maximum Gasteiger partial charge on any atom is 0.388 e. The van der Waals surface area contributed by atoms with Crippen LogP contribution in [0.1, 0.15) is 73.0 Å². The first-order valence-corrected chi connectivity index (χ1v) is 12.3. The van der Waals surface area contributed by atoms with Crippen LogP contribution in [0.15, 0.2) is 42.7 Å². The number of Topliss-reactive ketones (excluding diaryl/α,β-unsaturated/α-hetero) is 1. The molecule has 1 aliphatic carbocycles. The Hall–Kier alpha value is -4.81. The van der Waals surface area contributed by atoms with Gasteiger partial charge in [0.15, 0.2) is 17.2 Å². The number of amides is 2. The van der Waals surface area contributed by atoms with Crippen molar-refractivity contribution >= 4 is 23.2 Å². The van der Waals surface area contributed by atoms with Crippen LogP contribution < -0.4 is 15.4 Å². The Kier molecular flexibility index (Phi) is 7.20. The van der Waals surface area contributed by atoms with Gasteiger partial charge in [0, 0.05) is 30.4 Å². The number of nitrogens with zero attached hydrogens (tertiary/aromatic N) is 4. The van der Waals surface area contributed by atoms with Crippen LogP contribution in [0.2, 0.25) is 0 Å². The Morgan fingerprint density at radius 1 is 1.18 bits per heavy atom. The molecule has 2 N–H and O–H groups in total. The third-order valence-corrected chi connectivity index (χ3v) is 6.73. The number of hydrogen-bond donors (Lipinski definition) is 2. The van der Waals surface area contributed by atoms with E-state index in [1.165, 1.54) is 31.3 Å². The Morgan fingerprint density at radius 2 is 1.98 bits per heavy atom. The highest BCUT2D eigenvalue weighted by atomic mass is 19.3. The number of aromatic nitrogens is 4. The highest BCUT2D eigenvalue weighted by Gasteiger charge is 2.29. The van der Waals surface area contributed by atoms with Crippen molar-refractivity contribution in [3.05, 3.63) is 87.7 Å². The van der Waals surface area contributed by atoms with Crippen LogP contribution in [0, 0.1) is 12.7 Å². The second kappa shape index (κ2) is 10.8. The second-order valence-electron chi connectivity index (χ2n) is 9.24. The molecule has 0 radical (unpaired) electrons. The van der Waals surface area contributed by atoms with Crippen LogP contribution in [0.5, 0.6) is 5.88 Å². The first-order valence-electron chi connectivity index (χ1n) is 12.3. The second-order valence-corrected chi connectivity index (χ2v) is 9.24. The van der Waals surface area contributed by atoms with Gasteiger partial charge in [0.05, 0.1) is 12.2 Å². The standard InChI is InChI=1S/C27H23F3N6O4/c1-13-16(14(2)37)3-4-18-17(13)5-6-20(18)35-26(39)22-10-21(34-24-19(28)12-33-36(22)24)25(38)32-11-15-7-8-31-23(9-15)40-27(29)30/h3-4,7-10,12,20,27H,5-6,11H2,1-2H3,(H,32,38)(H,35,39)/t20-/m0/s1. The minimum Gasteiger partial charge on any atom is -0.417 e. The fourth-order valence-corrected chi connectivity index (χ4v) is 4.85. The number of hydrogen-bond acceptors (Lipinski definition) is 7. The lowest BCUT2D eigenvalue weighted by Crippen LogP contribution is -2.30. The van der Waals surface area contributed by atoms with Crippen molar-refractivity contribution in [2.24, 2.45) is 0 Å². The summed E-state index contributed by atoms with van der Waals surface area (Å²) in [6.07, 6.45) is 3.40. The van der Waals surface area contributed by atoms with E-state index < -0.39 is 24.2 Å². The van der Waals surface area contributed by atoms with E-state index >= 15 is 0 Å². The van der Waals surface area contributed by atoms with Crippen molar-refractivity contribution in [2.45, 2.75) is 45.9 Å². The van der Waals surface area contributed by atoms with Crippen LogP contribution in [0.3, 0.4) is 0 Å². The van der Waals surface area contributed by atoms with Gasteiger partial charge >= 0.3 is 6.61 Å². The molecule has 0 spiro atoms. The minimum absolute atomic E-state index is 0.0376. The van der Waals surface area contributed by atoms with Gasteiger partial charge < -0.3 is 15.4 Å². The molecule has 4 aromatic rings. The highest BCUT2D eigenvalue weighted by Crippen LogP contribution is 2.35. The Labute approximate surface area is 225 Å². The van der Waals surface area contributed by atoms with Crippen LogP contribution in [0.4, 0.5) is 13.2 Å². The number of rotatable bonds is 8. The topological polar surface area (TPSA) is 128 Å². The van der Waals surface area contributed by atoms with Crippen LogP contribution in [-0.2, 0) is 13.0 Å². The molecule has 0 fully saturated rings. The van der Waals surface area contributed by atoms with E-state index in [9.17, 15) is 27.6 Å². The molecule has 10 nitrogen and oxygen atoms in total. The first-order chi connectivity index (χ1) is 19.1. The van der Waals surface area contributed by atoms with Gasteiger partial charge in [-0.05, 0) is 55.0 Å². The average Bonchev–Trinajstić information content (AvgIpc) is 3.50. The fourth-order valence-electron chi connectivity index (χ4n) is 4.85. The zero-order valence-electron chi connectivity index (χ0n) is 21.4. The van der Waals surface area contributed by atoms with E-state index in [-0.39, 0.29) is 41.3 Å². The maximum atomic E-state index is 14.5. The lowest BCUT2D eigenvalue weighted by atomic mass is 9.96. The van der Waals surface area contributed by atoms with Gasteiger partial charge in [-0.1, -0.05) is 12.1 Å². The van der Waals surface area contributed by atoms with Crippen molar-refractivity contribution in [3.8, 4) is 5.88 Å². The summed E-state index contributed by atoms with van der Waals surface area (Å²) in [4.78, 5) is 45.9. The molecular weight excluding hydrogens is 529 g/mol. The number of alkyl halides is 2. The van der Waals surface area contributed by atoms with Crippen molar-refractivity contribution in [1.29, 1.82) is 0 Å². The summed E-state index contributed by atoms with van der Waals surface area (Å²) in [5.74, 6) is -2.51. The number of benzene rings is 1. The van der Waals surface area contributed by atoms with Gasteiger partial charge in [0.25, 0.3) is 11.8 Å². The average molecular weight is 553 g/mol. The summed E-state index contributed by atoms with van der Waals surface area (Å²) in [5, 5.41) is 9.38. The van der Waals surface area contributed by atoms with Crippen molar-refractivity contribution in [2.75, 3.05) is 0 Å². The van der Waals surface area contributed by atoms with E-state index in [0.29, 0.717) is 24.0 Å². The molecule has 0 saturated heterocycles. The molecule has 1 aliphatic rings. The quantitative estimate of drug-likeness (QED) is 0.319. The molecule has 0 saturated carbocycles. The third-order valence-electron chi connectivity index (χ3n) is 6.73. The summed E-state index contributed by atoms with van der Waals surface area (Å²) in [6.45, 7) is 0.230. The monoisotopic (exact) mass is 552 g/mol. The van der Waals surface area contributed by atoms with Crippen molar-refractivity contribution < 1.29 is 32.3 Å². The van der Waals surface area contributed by atoms with E-state index in [4.69, 9.17) is 0 Å². The normalized spacial score (nSPS) is 14.3. The summed E-state index contributed by atoms with van der Waals surface area (Å²) >= 11 is 0. The van der Waals surface area contributed by atoms with Crippen molar-refractivity contribution in [3.63, 3.8) is 0 Å². The number of ketones is 1. The molecule has 1 aromatic carbocycles. The van der Waals surface area contributed by atoms with Crippen molar-refractivity contribution in [1.82, 2.24) is 30.2 Å². The molecule has 2 amide bonds. The van der Waals surface area contributed by atoms with Gasteiger partial charge in [-0.2, -0.15) is 13.9 Å². The molecule has 5 rings (SSSR count). The Morgan fingerprint density at radius 3 is 2.73 bits per heavy atom. The number of carbonyl (C=O) groups is 3. The maximum absolute atomic E-state index is 14.5. The molecule has 3 aromatic heterocycles. The van der Waals surface area contributed by atoms with Gasteiger partial charge in [-0.3, -0.25) is 14.4 Å². The first kappa shape index (κ1) is 26.8. The van der Waals surface area contributed by atoms with Crippen LogP contribution in [-0.4, -0.2) is 43.8 Å². The molecule has 1 atom stereocenters. The fraction of sp³-hybridized carbons (Fsp3) is 0.259. The summed E-state index contributed by atoms with van der Waals surface area (Å²) in [6, 6.07) is 7.12. The summed E-state index contributed by atoms with van der Waals surface area (Å²) in [5.41, 5.74) is 3.14. The molecule has 40 heavy (non-hydrogen) atoms. The van der Waals surface area contributed by atoms with Crippen LogP contribution >= 0.6 is 0 Å². The van der Waals surface area contributed by atoms with E-state index in [1.54, 1.807) is 6.07 Å². The molecule has 0 bridgehead atoms. The predicted molar refractivity (Wildman–Crippen MR) is 135 cm³/mol. The Balaban J connectivity index is 1.38. The summed E-state index contributed by atoms with van der Waals surface area (Å²) in [7, 11) is 0.